The third-order valence-corrected chi connectivity index (χ3v) is 3.40. The molecule has 6 nitrogen and oxygen atoms in total. The molecule has 1 aliphatic rings. The minimum atomic E-state index is -1.58. The van der Waals surface area contributed by atoms with Crippen LogP contribution in [-0.4, -0.2) is 38.0 Å². The van der Waals surface area contributed by atoms with E-state index in [9.17, 15) is 9.59 Å². The average molecular weight is 279 g/mol. The molecule has 1 aliphatic heterocycles. The van der Waals surface area contributed by atoms with Gasteiger partial charge in [0.2, 0.25) is 5.91 Å². The van der Waals surface area contributed by atoms with Gasteiger partial charge in [0.1, 0.15) is 5.75 Å². The molecule has 0 aromatic heterocycles. The second-order valence-electron chi connectivity index (χ2n) is 4.26. The predicted molar refractivity (Wildman–Crippen MR) is 70.2 cm³/mol. The highest BCUT2D eigenvalue weighted by molar-refractivity contribution is 6.09. The van der Waals surface area contributed by atoms with Crippen LogP contribution in [0.2, 0.25) is 0 Å². The van der Waals surface area contributed by atoms with Crippen molar-refractivity contribution in [1.29, 1.82) is 0 Å². The van der Waals surface area contributed by atoms with E-state index in [-0.39, 0.29) is 12.3 Å². The van der Waals surface area contributed by atoms with Gasteiger partial charge in [-0.3, -0.25) is 9.59 Å². The molecule has 0 saturated carbocycles. The van der Waals surface area contributed by atoms with E-state index in [2.05, 4.69) is 0 Å². The molecule has 0 aliphatic carbocycles. The van der Waals surface area contributed by atoms with E-state index in [4.69, 9.17) is 14.2 Å². The molecule has 1 aromatic carbocycles. The van der Waals surface area contributed by atoms with E-state index in [1.54, 1.807) is 25.1 Å². The number of rotatable bonds is 4. The van der Waals surface area contributed by atoms with E-state index in [0.29, 0.717) is 16.9 Å². The molecule has 1 heterocycles. The summed E-state index contributed by atoms with van der Waals surface area (Å²) in [6.07, 6.45) is 0.163. The van der Waals surface area contributed by atoms with Crippen LogP contribution in [0.25, 0.3) is 0 Å². The van der Waals surface area contributed by atoms with Gasteiger partial charge in [-0.15, -0.1) is 0 Å². The minimum absolute atomic E-state index is 0.163. The number of imide groups is 1. The predicted octanol–water partition coefficient (Wildman–Crippen LogP) is 1.49. The molecule has 0 N–H and O–H groups in total. The van der Waals surface area contributed by atoms with Crippen molar-refractivity contribution in [2.75, 3.05) is 21.3 Å². The lowest BCUT2D eigenvalue weighted by Gasteiger charge is -2.34. The lowest BCUT2D eigenvalue weighted by Crippen LogP contribution is -2.50. The number of nitrogens with zero attached hydrogens (tertiary/aromatic N) is 1. The van der Waals surface area contributed by atoms with Crippen molar-refractivity contribution < 1.29 is 23.8 Å². The summed E-state index contributed by atoms with van der Waals surface area (Å²) in [4.78, 5) is 25.6. The smallest absolute Gasteiger partial charge is 0.293 e. The molecule has 0 bridgehead atoms. The van der Waals surface area contributed by atoms with Crippen molar-refractivity contribution in [3.05, 3.63) is 29.3 Å². The molecule has 0 unspecified atom stereocenters. The maximum Gasteiger partial charge on any atom is 0.293 e. The Bertz CT molecular complexity index is 550. The van der Waals surface area contributed by atoms with E-state index >= 15 is 0 Å². The Morgan fingerprint density at radius 3 is 2.40 bits per heavy atom. The Labute approximate surface area is 117 Å². The zero-order valence-corrected chi connectivity index (χ0v) is 11.9. The highest BCUT2D eigenvalue weighted by atomic mass is 16.7. The zero-order valence-electron chi connectivity index (χ0n) is 11.9. The zero-order chi connectivity index (χ0) is 14.9. The van der Waals surface area contributed by atoms with Crippen LogP contribution in [0.15, 0.2) is 18.2 Å². The number of hydrogen-bond acceptors (Lipinski definition) is 5. The molecule has 0 atom stereocenters. The molecular weight excluding hydrogens is 262 g/mol. The summed E-state index contributed by atoms with van der Waals surface area (Å²) in [5.41, 5.74) is 0.758. The fraction of sp³-hybridized carbons (Fsp3) is 0.429. The van der Waals surface area contributed by atoms with Crippen molar-refractivity contribution in [1.82, 2.24) is 4.90 Å². The number of methoxy groups -OCH3 is 3. The van der Waals surface area contributed by atoms with Gasteiger partial charge in [0.05, 0.1) is 18.2 Å². The lowest BCUT2D eigenvalue weighted by atomic mass is 10.1. The van der Waals surface area contributed by atoms with Crippen LogP contribution in [0.4, 0.5) is 0 Å². The molecule has 20 heavy (non-hydrogen) atoms. The third-order valence-electron chi connectivity index (χ3n) is 3.40. The summed E-state index contributed by atoms with van der Waals surface area (Å²) in [7, 11) is 4.25. The van der Waals surface area contributed by atoms with Crippen molar-refractivity contribution >= 4 is 11.8 Å². The first-order valence-corrected chi connectivity index (χ1v) is 6.22. The fourth-order valence-corrected chi connectivity index (χ4v) is 2.48. The Morgan fingerprint density at radius 2 is 1.90 bits per heavy atom. The second-order valence-corrected chi connectivity index (χ2v) is 4.26. The Hall–Kier alpha value is -1.92. The topological polar surface area (TPSA) is 65.1 Å². The van der Waals surface area contributed by atoms with Gasteiger partial charge >= 0.3 is 0 Å². The number of ether oxygens (including phenoxy) is 3. The van der Waals surface area contributed by atoms with Crippen molar-refractivity contribution in [2.45, 2.75) is 19.3 Å². The van der Waals surface area contributed by atoms with Gasteiger partial charge in [-0.2, -0.15) is 0 Å². The maximum absolute atomic E-state index is 12.5. The van der Waals surface area contributed by atoms with Gasteiger partial charge in [0.25, 0.3) is 11.8 Å². The van der Waals surface area contributed by atoms with Crippen LogP contribution in [0.5, 0.6) is 5.75 Å². The Balaban J connectivity index is 2.74. The SMILES string of the molecule is CCC(=O)N1C(=O)c2cccc(OC)c2C1(OC)OC. The quantitative estimate of drug-likeness (QED) is 0.781. The number of carbonyl (C=O) groups is 2. The molecule has 2 amide bonds. The minimum Gasteiger partial charge on any atom is -0.496 e. The first-order chi connectivity index (χ1) is 9.57. The van der Waals surface area contributed by atoms with Crippen LogP contribution < -0.4 is 4.74 Å². The summed E-state index contributed by atoms with van der Waals surface area (Å²) < 4.78 is 16.1. The van der Waals surface area contributed by atoms with Crippen LogP contribution in [0.1, 0.15) is 29.3 Å². The first-order valence-electron chi connectivity index (χ1n) is 6.22. The second kappa shape index (κ2) is 5.22. The molecule has 0 fully saturated rings. The van der Waals surface area contributed by atoms with Crippen LogP contribution in [-0.2, 0) is 20.2 Å². The summed E-state index contributed by atoms with van der Waals surface area (Å²) in [6.45, 7) is 1.67. The van der Waals surface area contributed by atoms with Gasteiger partial charge in [0.15, 0.2) is 0 Å². The lowest BCUT2D eigenvalue weighted by molar-refractivity contribution is -0.278. The standard InChI is InChI=1S/C14H17NO5/c1-5-11(16)15-13(17)9-7-6-8-10(18-2)12(9)14(15,19-3)20-4/h6-8H,5H2,1-4H3. The average Bonchev–Trinajstić information content (AvgIpc) is 2.76. The number of fused-ring (bicyclic) bond motifs is 1. The summed E-state index contributed by atoms with van der Waals surface area (Å²) in [6, 6.07) is 5.00. The van der Waals surface area contributed by atoms with Crippen molar-refractivity contribution in [3.8, 4) is 5.75 Å². The first kappa shape index (κ1) is 14.5. The largest absolute Gasteiger partial charge is 0.496 e. The van der Waals surface area contributed by atoms with E-state index in [1.807, 2.05) is 0 Å². The molecule has 0 radical (unpaired) electrons. The van der Waals surface area contributed by atoms with Gasteiger partial charge in [-0.05, 0) is 12.1 Å². The highest BCUT2D eigenvalue weighted by Gasteiger charge is 2.55. The highest BCUT2D eigenvalue weighted by Crippen LogP contribution is 2.45. The van der Waals surface area contributed by atoms with Crippen molar-refractivity contribution in [3.63, 3.8) is 0 Å². The normalized spacial score (nSPS) is 16.2. The Morgan fingerprint density at radius 1 is 1.25 bits per heavy atom. The Kier molecular flexibility index (Phi) is 3.78. The van der Waals surface area contributed by atoms with Gasteiger partial charge in [0, 0.05) is 20.6 Å². The fourth-order valence-electron chi connectivity index (χ4n) is 2.48. The maximum atomic E-state index is 12.5. The summed E-state index contributed by atoms with van der Waals surface area (Å²) >= 11 is 0. The van der Waals surface area contributed by atoms with Crippen molar-refractivity contribution in [2.24, 2.45) is 0 Å². The molecule has 6 heteroatoms. The van der Waals surface area contributed by atoms with Crippen LogP contribution in [0.3, 0.4) is 0 Å². The van der Waals surface area contributed by atoms with Gasteiger partial charge < -0.3 is 14.2 Å². The van der Waals surface area contributed by atoms with Gasteiger partial charge in [-0.1, -0.05) is 13.0 Å². The van der Waals surface area contributed by atoms with Crippen LogP contribution in [0, 0.1) is 0 Å². The van der Waals surface area contributed by atoms with E-state index in [1.165, 1.54) is 21.3 Å². The molecule has 0 saturated heterocycles. The number of hydrogen-bond donors (Lipinski definition) is 0. The molecule has 1 aromatic rings. The molecule has 2 rings (SSSR count). The van der Waals surface area contributed by atoms with Gasteiger partial charge in [-0.25, -0.2) is 4.90 Å². The third kappa shape index (κ3) is 1.72. The number of benzene rings is 1. The van der Waals surface area contributed by atoms with E-state index in [0.717, 1.165) is 4.90 Å². The monoisotopic (exact) mass is 279 g/mol. The summed E-state index contributed by atoms with van der Waals surface area (Å²) in [5.74, 6) is -1.97. The number of carbonyl (C=O) groups excluding carboxylic acids is 2. The van der Waals surface area contributed by atoms with E-state index < -0.39 is 11.8 Å². The van der Waals surface area contributed by atoms with Crippen LogP contribution >= 0.6 is 0 Å². The molecule has 108 valence electrons. The number of amides is 2. The molecular formula is C14H17NO5. The molecule has 0 spiro atoms. The summed E-state index contributed by atoms with van der Waals surface area (Å²) in [5, 5.41) is 0.